The zero-order valence-corrected chi connectivity index (χ0v) is 8.80. The molecule has 16 heavy (non-hydrogen) atoms. The molecule has 0 aliphatic rings. The highest BCUT2D eigenvalue weighted by Crippen LogP contribution is 2.22. The van der Waals surface area contributed by atoms with Crippen LogP contribution in [0.2, 0.25) is 0 Å². The van der Waals surface area contributed by atoms with Crippen LogP contribution in [-0.2, 0) is 4.79 Å². The van der Waals surface area contributed by atoms with Gasteiger partial charge in [0.2, 0.25) is 5.82 Å². The Labute approximate surface area is 91.3 Å². The first-order valence-corrected chi connectivity index (χ1v) is 4.52. The second-order valence-electron chi connectivity index (χ2n) is 3.34. The second-order valence-corrected chi connectivity index (χ2v) is 3.34. The standard InChI is InChI=1S/C9H11N3O4/c1-5-3-7(12(15)16)8(10-4-5)11-6(2)9(13)14/h3-4,6H,1-2H3,(H,10,11)(H,13,14). The Kier molecular flexibility index (Phi) is 3.39. The molecule has 0 amide bonds. The Hall–Kier alpha value is -2.18. The molecule has 86 valence electrons. The molecule has 1 aromatic rings. The highest BCUT2D eigenvalue weighted by molar-refractivity contribution is 5.77. The highest BCUT2D eigenvalue weighted by Gasteiger charge is 2.19. The van der Waals surface area contributed by atoms with E-state index in [4.69, 9.17) is 5.11 Å². The van der Waals surface area contributed by atoms with Crippen LogP contribution in [0.3, 0.4) is 0 Å². The lowest BCUT2D eigenvalue weighted by molar-refractivity contribution is -0.384. The summed E-state index contributed by atoms with van der Waals surface area (Å²) in [6, 6.07) is 0.401. The van der Waals surface area contributed by atoms with Gasteiger partial charge in [-0.3, -0.25) is 14.9 Å². The number of anilines is 1. The maximum absolute atomic E-state index is 10.7. The molecule has 1 heterocycles. The molecular weight excluding hydrogens is 214 g/mol. The molecule has 1 aromatic heterocycles. The zero-order valence-electron chi connectivity index (χ0n) is 8.80. The number of nitrogens with one attached hydrogen (secondary N) is 1. The lowest BCUT2D eigenvalue weighted by Crippen LogP contribution is -2.26. The number of carboxylic acids is 1. The van der Waals surface area contributed by atoms with Crippen molar-refractivity contribution in [1.82, 2.24) is 4.98 Å². The van der Waals surface area contributed by atoms with Crippen LogP contribution in [0.1, 0.15) is 12.5 Å². The highest BCUT2D eigenvalue weighted by atomic mass is 16.6. The number of carboxylic acid groups (broad SMARTS) is 1. The van der Waals surface area contributed by atoms with Gasteiger partial charge in [0.15, 0.2) is 0 Å². The molecule has 0 aliphatic carbocycles. The van der Waals surface area contributed by atoms with Gasteiger partial charge in [0.05, 0.1) is 4.92 Å². The Morgan fingerprint density at radius 1 is 1.69 bits per heavy atom. The van der Waals surface area contributed by atoms with Gasteiger partial charge in [0, 0.05) is 12.3 Å². The van der Waals surface area contributed by atoms with Crippen molar-refractivity contribution in [1.29, 1.82) is 0 Å². The summed E-state index contributed by atoms with van der Waals surface area (Å²) >= 11 is 0. The third-order valence-corrected chi connectivity index (χ3v) is 1.92. The van der Waals surface area contributed by atoms with E-state index in [1.165, 1.54) is 19.2 Å². The van der Waals surface area contributed by atoms with Gasteiger partial charge in [-0.15, -0.1) is 0 Å². The molecule has 7 nitrogen and oxygen atoms in total. The first kappa shape index (κ1) is 11.9. The average molecular weight is 225 g/mol. The summed E-state index contributed by atoms with van der Waals surface area (Å²) < 4.78 is 0. The van der Waals surface area contributed by atoms with Gasteiger partial charge >= 0.3 is 11.7 Å². The topological polar surface area (TPSA) is 105 Å². The van der Waals surface area contributed by atoms with Crippen molar-refractivity contribution in [2.24, 2.45) is 0 Å². The van der Waals surface area contributed by atoms with Crippen LogP contribution in [0, 0.1) is 17.0 Å². The van der Waals surface area contributed by atoms with Crippen LogP contribution in [0.5, 0.6) is 0 Å². The minimum absolute atomic E-state index is 0.0366. The summed E-state index contributed by atoms with van der Waals surface area (Å²) in [5.41, 5.74) is 0.410. The molecule has 0 saturated heterocycles. The SMILES string of the molecule is Cc1cnc(NC(C)C(=O)O)c([N+](=O)[O-])c1. The van der Waals surface area contributed by atoms with Crippen molar-refractivity contribution >= 4 is 17.5 Å². The van der Waals surface area contributed by atoms with Crippen molar-refractivity contribution < 1.29 is 14.8 Å². The van der Waals surface area contributed by atoms with E-state index in [1.807, 2.05) is 0 Å². The normalized spacial score (nSPS) is 11.9. The van der Waals surface area contributed by atoms with E-state index < -0.39 is 16.9 Å². The minimum Gasteiger partial charge on any atom is -0.480 e. The summed E-state index contributed by atoms with van der Waals surface area (Å²) in [6.45, 7) is 3.05. The van der Waals surface area contributed by atoms with Crippen LogP contribution < -0.4 is 5.32 Å². The molecule has 2 N–H and O–H groups in total. The Morgan fingerprint density at radius 2 is 2.31 bits per heavy atom. The first-order chi connectivity index (χ1) is 7.41. The third kappa shape index (κ3) is 2.66. The molecule has 1 atom stereocenters. The number of hydrogen-bond acceptors (Lipinski definition) is 5. The molecule has 0 bridgehead atoms. The van der Waals surface area contributed by atoms with E-state index in [0.29, 0.717) is 5.56 Å². The van der Waals surface area contributed by atoms with E-state index in [-0.39, 0.29) is 11.5 Å². The van der Waals surface area contributed by atoms with Crippen LogP contribution in [0.15, 0.2) is 12.3 Å². The molecule has 0 aromatic carbocycles. The Bertz CT molecular complexity index is 433. The van der Waals surface area contributed by atoms with Gasteiger partial charge in [-0.2, -0.15) is 0 Å². The van der Waals surface area contributed by atoms with Crippen LogP contribution in [0.25, 0.3) is 0 Å². The fraction of sp³-hybridized carbons (Fsp3) is 0.333. The molecule has 1 unspecified atom stereocenters. The third-order valence-electron chi connectivity index (χ3n) is 1.92. The van der Waals surface area contributed by atoms with Gasteiger partial charge in [-0.25, -0.2) is 4.98 Å². The largest absolute Gasteiger partial charge is 0.480 e. The molecule has 0 aliphatic heterocycles. The van der Waals surface area contributed by atoms with Crippen molar-refractivity contribution in [2.45, 2.75) is 19.9 Å². The number of pyridine rings is 1. The maximum atomic E-state index is 10.7. The summed E-state index contributed by atoms with van der Waals surface area (Å²) in [7, 11) is 0. The predicted octanol–water partition coefficient (Wildman–Crippen LogP) is 1.18. The summed E-state index contributed by atoms with van der Waals surface area (Å²) in [4.78, 5) is 24.5. The first-order valence-electron chi connectivity index (χ1n) is 4.52. The smallest absolute Gasteiger partial charge is 0.325 e. The fourth-order valence-electron chi connectivity index (χ4n) is 1.07. The minimum atomic E-state index is -1.10. The molecule has 7 heteroatoms. The Balaban J connectivity index is 3.04. The molecular formula is C9H11N3O4. The number of carbonyl (C=O) groups is 1. The maximum Gasteiger partial charge on any atom is 0.325 e. The summed E-state index contributed by atoms with van der Waals surface area (Å²) in [5.74, 6) is -1.14. The van der Waals surface area contributed by atoms with Crippen LogP contribution in [-0.4, -0.2) is 27.0 Å². The van der Waals surface area contributed by atoms with E-state index in [9.17, 15) is 14.9 Å². The monoisotopic (exact) mass is 225 g/mol. The van der Waals surface area contributed by atoms with Crippen molar-refractivity contribution in [3.8, 4) is 0 Å². The number of aromatic nitrogens is 1. The fourth-order valence-corrected chi connectivity index (χ4v) is 1.07. The number of rotatable bonds is 4. The predicted molar refractivity (Wildman–Crippen MR) is 56.3 cm³/mol. The van der Waals surface area contributed by atoms with E-state index in [1.54, 1.807) is 6.92 Å². The Morgan fingerprint density at radius 3 is 2.81 bits per heavy atom. The second kappa shape index (κ2) is 4.56. The average Bonchev–Trinajstić information content (AvgIpc) is 2.20. The number of aliphatic carboxylic acids is 1. The van der Waals surface area contributed by atoms with Crippen LogP contribution in [0.4, 0.5) is 11.5 Å². The number of aryl methyl sites for hydroxylation is 1. The van der Waals surface area contributed by atoms with Gasteiger partial charge < -0.3 is 10.4 Å². The molecule has 0 spiro atoms. The van der Waals surface area contributed by atoms with Crippen molar-refractivity contribution in [3.63, 3.8) is 0 Å². The zero-order chi connectivity index (χ0) is 12.3. The summed E-state index contributed by atoms with van der Waals surface area (Å²) in [5, 5.41) is 21.8. The van der Waals surface area contributed by atoms with Gasteiger partial charge in [0.1, 0.15) is 6.04 Å². The lowest BCUT2D eigenvalue weighted by atomic mass is 10.2. The molecule has 0 radical (unpaired) electrons. The van der Waals surface area contributed by atoms with Gasteiger partial charge in [0.25, 0.3) is 0 Å². The van der Waals surface area contributed by atoms with Crippen molar-refractivity contribution in [3.05, 3.63) is 27.9 Å². The van der Waals surface area contributed by atoms with E-state index in [2.05, 4.69) is 10.3 Å². The number of nitrogens with zero attached hydrogens (tertiary/aromatic N) is 2. The van der Waals surface area contributed by atoms with E-state index >= 15 is 0 Å². The van der Waals surface area contributed by atoms with E-state index in [0.717, 1.165) is 0 Å². The molecule has 0 saturated carbocycles. The van der Waals surface area contributed by atoms with Crippen LogP contribution >= 0.6 is 0 Å². The lowest BCUT2D eigenvalue weighted by Gasteiger charge is -2.09. The van der Waals surface area contributed by atoms with Crippen molar-refractivity contribution in [2.75, 3.05) is 5.32 Å². The van der Waals surface area contributed by atoms with Gasteiger partial charge in [-0.1, -0.05) is 0 Å². The summed E-state index contributed by atoms with van der Waals surface area (Å²) in [6.07, 6.45) is 1.43. The number of hydrogen-bond donors (Lipinski definition) is 2. The molecule has 1 rings (SSSR count). The van der Waals surface area contributed by atoms with Gasteiger partial charge in [-0.05, 0) is 19.4 Å². The number of nitro groups is 1. The quantitative estimate of drug-likeness (QED) is 0.588. The molecule has 0 fully saturated rings.